The van der Waals surface area contributed by atoms with Crippen molar-refractivity contribution in [2.45, 2.75) is 30.7 Å². The van der Waals surface area contributed by atoms with Gasteiger partial charge < -0.3 is 11.1 Å². The minimum atomic E-state index is -0.262. The Bertz CT molecular complexity index is 666. The van der Waals surface area contributed by atoms with Crippen LogP contribution in [0.1, 0.15) is 36.4 Å². The molecule has 0 radical (unpaired) electrons. The number of benzene rings is 2. The lowest BCUT2D eigenvalue weighted by Gasteiger charge is -2.18. The highest BCUT2D eigenvalue weighted by molar-refractivity contribution is 6.30. The highest BCUT2D eigenvalue weighted by Crippen LogP contribution is 2.47. The van der Waals surface area contributed by atoms with E-state index < -0.39 is 0 Å². The van der Waals surface area contributed by atoms with Crippen molar-refractivity contribution >= 4 is 17.5 Å². The Balaban J connectivity index is 1.54. The first-order chi connectivity index (χ1) is 11.1. The van der Waals surface area contributed by atoms with Gasteiger partial charge in [-0.25, -0.2) is 0 Å². The minimum absolute atomic E-state index is 0.00147. The monoisotopic (exact) mass is 328 g/mol. The highest BCUT2D eigenvalue weighted by atomic mass is 35.5. The maximum Gasteiger partial charge on any atom is 0.221 e. The largest absolute Gasteiger partial charge is 0.355 e. The summed E-state index contributed by atoms with van der Waals surface area (Å²) in [4.78, 5) is 12.2. The van der Waals surface area contributed by atoms with E-state index in [1.807, 2.05) is 42.5 Å². The van der Waals surface area contributed by atoms with Gasteiger partial charge >= 0.3 is 0 Å². The van der Waals surface area contributed by atoms with E-state index in [9.17, 15) is 4.79 Å². The van der Waals surface area contributed by atoms with Gasteiger partial charge in [0.1, 0.15) is 0 Å². The lowest BCUT2D eigenvalue weighted by Crippen LogP contribution is -2.34. The lowest BCUT2D eigenvalue weighted by molar-refractivity contribution is -0.121. The molecule has 0 saturated heterocycles. The smallest absolute Gasteiger partial charge is 0.221 e. The molecule has 0 aromatic heterocycles. The fraction of sp³-hybridized carbons (Fsp3) is 0.316. The average Bonchev–Trinajstić information content (AvgIpc) is 3.35. The number of hydrogen-bond donors (Lipinski definition) is 2. The third-order valence-corrected chi connectivity index (χ3v) is 4.82. The van der Waals surface area contributed by atoms with Gasteiger partial charge in [0, 0.05) is 29.4 Å². The van der Waals surface area contributed by atoms with Gasteiger partial charge in [-0.1, -0.05) is 54.1 Å². The van der Waals surface area contributed by atoms with Crippen molar-refractivity contribution in [1.82, 2.24) is 5.32 Å². The normalized spacial score (nSPS) is 16.6. The number of rotatable bonds is 6. The van der Waals surface area contributed by atoms with E-state index in [0.717, 1.165) is 23.4 Å². The van der Waals surface area contributed by atoms with Crippen LogP contribution < -0.4 is 11.1 Å². The lowest BCUT2D eigenvalue weighted by atomic mass is 9.96. The molecule has 1 fully saturated rings. The molecule has 1 aliphatic carbocycles. The molecule has 0 heterocycles. The van der Waals surface area contributed by atoms with Crippen molar-refractivity contribution < 1.29 is 4.79 Å². The van der Waals surface area contributed by atoms with Gasteiger partial charge in [0.25, 0.3) is 0 Å². The zero-order chi connectivity index (χ0) is 16.3. The number of carbonyl (C=O) groups excluding carboxylic acids is 1. The van der Waals surface area contributed by atoms with Gasteiger partial charge in [-0.05, 0) is 36.1 Å². The van der Waals surface area contributed by atoms with Crippen LogP contribution in [-0.2, 0) is 10.2 Å². The first-order valence-corrected chi connectivity index (χ1v) is 8.30. The summed E-state index contributed by atoms with van der Waals surface area (Å²) in [6, 6.07) is 17.4. The summed E-state index contributed by atoms with van der Waals surface area (Å²) >= 11 is 5.94. The summed E-state index contributed by atoms with van der Waals surface area (Å²) in [6.45, 7) is 0.662. The number of nitrogens with two attached hydrogens (primary N) is 1. The molecule has 23 heavy (non-hydrogen) atoms. The molecule has 1 aliphatic rings. The van der Waals surface area contributed by atoms with Crippen molar-refractivity contribution in [3.8, 4) is 0 Å². The van der Waals surface area contributed by atoms with Crippen LogP contribution in [0.15, 0.2) is 54.6 Å². The Kier molecular flexibility index (Phi) is 4.69. The van der Waals surface area contributed by atoms with Gasteiger partial charge in [0.05, 0.1) is 0 Å². The highest BCUT2D eigenvalue weighted by Gasteiger charge is 2.44. The van der Waals surface area contributed by atoms with Crippen LogP contribution in [0.2, 0.25) is 5.02 Å². The van der Waals surface area contributed by atoms with Gasteiger partial charge in [-0.15, -0.1) is 0 Å². The van der Waals surface area contributed by atoms with E-state index in [4.69, 9.17) is 17.3 Å². The van der Waals surface area contributed by atoms with Crippen LogP contribution >= 0.6 is 11.6 Å². The SMILES string of the molecule is NC(CC(=O)NCC1(c2ccc(Cl)cc2)CC1)c1ccccc1. The van der Waals surface area contributed by atoms with Crippen LogP contribution in [0, 0.1) is 0 Å². The minimum Gasteiger partial charge on any atom is -0.355 e. The maximum atomic E-state index is 12.2. The molecule has 0 aliphatic heterocycles. The molecule has 2 aromatic carbocycles. The standard InChI is InChI=1S/C19H21ClN2O/c20-16-8-6-15(7-9-16)19(10-11-19)13-22-18(23)12-17(21)14-4-2-1-3-5-14/h1-9,17H,10-13,21H2,(H,22,23). The molecule has 1 unspecified atom stereocenters. The predicted molar refractivity (Wildman–Crippen MR) is 93.4 cm³/mol. The third kappa shape index (κ3) is 3.92. The second-order valence-corrected chi connectivity index (χ2v) is 6.72. The maximum absolute atomic E-state index is 12.2. The van der Waals surface area contributed by atoms with Gasteiger partial charge in [-0.2, -0.15) is 0 Å². The molecule has 2 aromatic rings. The van der Waals surface area contributed by atoms with Crippen LogP contribution in [-0.4, -0.2) is 12.5 Å². The fourth-order valence-electron chi connectivity index (χ4n) is 2.88. The molecule has 3 nitrogen and oxygen atoms in total. The van der Waals surface area contributed by atoms with Crippen LogP contribution in [0.5, 0.6) is 0 Å². The van der Waals surface area contributed by atoms with E-state index in [0.29, 0.717) is 13.0 Å². The Morgan fingerprint density at radius 2 is 1.78 bits per heavy atom. The van der Waals surface area contributed by atoms with Crippen molar-refractivity contribution in [2.75, 3.05) is 6.54 Å². The number of amides is 1. The summed E-state index contributed by atoms with van der Waals surface area (Å²) in [5, 5.41) is 3.79. The molecule has 4 heteroatoms. The van der Waals surface area contributed by atoms with Gasteiger partial charge in [-0.3, -0.25) is 4.79 Å². The second kappa shape index (κ2) is 6.73. The quantitative estimate of drug-likeness (QED) is 0.851. The van der Waals surface area contributed by atoms with Crippen LogP contribution in [0.4, 0.5) is 0 Å². The van der Waals surface area contributed by atoms with Gasteiger partial charge in [0.2, 0.25) is 5.91 Å². The number of nitrogens with one attached hydrogen (secondary N) is 1. The zero-order valence-electron chi connectivity index (χ0n) is 13.0. The molecule has 3 N–H and O–H groups in total. The summed E-state index contributed by atoms with van der Waals surface area (Å²) in [7, 11) is 0. The Morgan fingerprint density at radius 1 is 1.13 bits per heavy atom. The number of carbonyl (C=O) groups is 1. The first kappa shape index (κ1) is 16.0. The van der Waals surface area contributed by atoms with Crippen LogP contribution in [0.25, 0.3) is 0 Å². The van der Waals surface area contributed by atoms with E-state index in [2.05, 4.69) is 17.4 Å². The molecule has 1 amide bonds. The average molecular weight is 329 g/mol. The van der Waals surface area contributed by atoms with E-state index in [1.54, 1.807) is 0 Å². The number of halogens is 1. The predicted octanol–water partition coefficient (Wildman–Crippen LogP) is 3.58. The van der Waals surface area contributed by atoms with E-state index in [-0.39, 0.29) is 17.4 Å². The summed E-state index contributed by atoms with van der Waals surface area (Å²) in [5.74, 6) is 0.00147. The molecule has 0 spiro atoms. The van der Waals surface area contributed by atoms with Gasteiger partial charge in [0.15, 0.2) is 0 Å². The third-order valence-electron chi connectivity index (χ3n) is 4.57. The van der Waals surface area contributed by atoms with Crippen molar-refractivity contribution in [3.63, 3.8) is 0 Å². The molecule has 3 rings (SSSR count). The molecule has 1 atom stereocenters. The first-order valence-electron chi connectivity index (χ1n) is 7.92. The number of hydrogen-bond acceptors (Lipinski definition) is 2. The molecular formula is C19H21ClN2O. The molecule has 0 bridgehead atoms. The van der Waals surface area contributed by atoms with Crippen molar-refractivity contribution in [1.29, 1.82) is 0 Å². The van der Waals surface area contributed by atoms with Crippen molar-refractivity contribution in [3.05, 3.63) is 70.7 Å². The molecule has 120 valence electrons. The van der Waals surface area contributed by atoms with Crippen LogP contribution in [0.3, 0.4) is 0 Å². The molecular weight excluding hydrogens is 308 g/mol. The van der Waals surface area contributed by atoms with E-state index >= 15 is 0 Å². The summed E-state index contributed by atoms with van der Waals surface area (Å²) in [5.41, 5.74) is 8.42. The Hall–Kier alpha value is -1.84. The summed E-state index contributed by atoms with van der Waals surface area (Å²) in [6.07, 6.45) is 2.50. The fourth-order valence-corrected chi connectivity index (χ4v) is 3.01. The molecule has 1 saturated carbocycles. The second-order valence-electron chi connectivity index (χ2n) is 6.29. The Labute approximate surface area is 141 Å². The summed E-state index contributed by atoms with van der Waals surface area (Å²) < 4.78 is 0. The van der Waals surface area contributed by atoms with E-state index in [1.165, 1.54) is 5.56 Å². The van der Waals surface area contributed by atoms with Crippen molar-refractivity contribution in [2.24, 2.45) is 5.73 Å². The Morgan fingerprint density at radius 3 is 2.39 bits per heavy atom. The topological polar surface area (TPSA) is 55.1 Å². The zero-order valence-corrected chi connectivity index (χ0v) is 13.7.